The zero-order valence-electron chi connectivity index (χ0n) is 9.77. The first-order valence-corrected chi connectivity index (χ1v) is 6.84. The third kappa shape index (κ3) is 2.97. The Hall–Kier alpha value is -1.21. The van der Waals surface area contributed by atoms with Crippen LogP contribution in [0.3, 0.4) is 0 Å². The Balaban J connectivity index is 2.37. The molecule has 0 fully saturated rings. The van der Waals surface area contributed by atoms with Gasteiger partial charge in [0, 0.05) is 15.5 Å². The number of thiocarbonyl (C=S) groups is 1. The standard InChI is InChI=1S/C13H12IN3S/c1-8-6-7-16-13(11(8)12(15)18)17-10-4-2-9(14)3-5-10/h2-7H,1H3,(H2,15,18)(H,16,17). The molecule has 3 nitrogen and oxygen atoms in total. The fourth-order valence-corrected chi connectivity index (χ4v) is 2.25. The Morgan fingerprint density at radius 2 is 1.94 bits per heavy atom. The van der Waals surface area contributed by atoms with E-state index >= 15 is 0 Å². The van der Waals surface area contributed by atoms with Crippen LogP contribution in [-0.4, -0.2) is 9.97 Å². The summed E-state index contributed by atoms with van der Waals surface area (Å²) in [7, 11) is 0. The van der Waals surface area contributed by atoms with Gasteiger partial charge in [0.1, 0.15) is 10.8 Å². The highest BCUT2D eigenvalue weighted by Crippen LogP contribution is 2.21. The molecule has 0 saturated heterocycles. The number of aromatic nitrogens is 1. The van der Waals surface area contributed by atoms with Crippen LogP contribution < -0.4 is 11.1 Å². The van der Waals surface area contributed by atoms with Crippen molar-refractivity contribution in [2.24, 2.45) is 5.73 Å². The quantitative estimate of drug-likeness (QED) is 0.644. The van der Waals surface area contributed by atoms with E-state index in [1.165, 1.54) is 3.57 Å². The number of hydrogen-bond acceptors (Lipinski definition) is 3. The topological polar surface area (TPSA) is 50.9 Å². The summed E-state index contributed by atoms with van der Waals surface area (Å²) in [4.78, 5) is 4.65. The van der Waals surface area contributed by atoms with Crippen LogP contribution in [0.4, 0.5) is 11.5 Å². The second kappa shape index (κ2) is 5.62. The number of benzene rings is 1. The Labute approximate surface area is 125 Å². The van der Waals surface area contributed by atoms with Crippen LogP contribution in [0.15, 0.2) is 36.5 Å². The molecular formula is C13H12IN3S. The van der Waals surface area contributed by atoms with E-state index in [1.807, 2.05) is 37.3 Å². The fourth-order valence-electron chi connectivity index (χ4n) is 1.63. The molecule has 3 N–H and O–H groups in total. The average Bonchev–Trinajstić information content (AvgIpc) is 2.32. The van der Waals surface area contributed by atoms with E-state index in [1.54, 1.807) is 6.20 Å². The number of rotatable bonds is 3. The van der Waals surface area contributed by atoms with Crippen molar-refractivity contribution < 1.29 is 0 Å². The third-order valence-corrected chi connectivity index (χ3v) is 3.44. The molecule has 0 saturated carbocycles. The smallest absolute Gasteiger partial charge is 0.140 e. The normalized spacial score (nSPS) is 10.1. The largest absolute Gasteiger partial charge is 0.389 e. The molecule has 1 heterocycles. The first-order chi connectivity index (χ1) is 8.58. The van der Waals surface area contributed by atoms with Gasteiger partial charge in [0.15, 0.2) is 0 Å². The summed E-state index contributed by atoms with van der Waals surface area (Å²) in [6.45, 7) is 1.97. The molecule has 0 unspecified atom stereocenters. The van der Waals surface area contributed by atoms with Crippen molar-refractivity contribution in [3.63, 3.8) is 0 Å². The summed E-state index contributed by atoms with van der Waals surface area (Å²) < 4.78 is 1.19. The molecule has 2 aromatic rings. The van der Waals surface area contributed by atoms with Crippen molar-refractivity contribution in [1.82, 2.24) is 4.98 Å². The lowest BCUT2D eigenvalue weighted by Gasteiger charge is -2.12. The lowest BCUT2D eigenvalue weighted by Crippen LogP contribution is -2.14. The molecule has 0 spiro atoms. The van der Waals surface area contributed by atoms with Crippen LogP contribution in [0, 0.1) is 10.5 Å². The lowest BCUT2D eigenvalue weighted by molar-refractivity contribution is 1.26. The van der Waals surface area contributed by atoms with Crippen molar-refractivity contribution in [2.75, 3.05) is 5.32 Å². The van der Waals surface area contributed by atoms with Gasteiger partial charge in [0.05, 0.1) is 5.56 Å². The molecule has 0 aliphatic heterocycles. The molecule has 0 aliphatic rings. The SMILES string of the molecule is Cc1ccnc(Nc2ccc(I)cc2)c1C(N)=S. The van der Waals surface area contributed by atoms with Crippen LogP contribution >= 0.6 is 34.8 Å². The molecule has 18 heavy (non-hydrogen) atoms. The summed E-state index contributed by atoms with van der Waals surface area (Å²) >= 11 is 7.34. The summed E-state index contributed by atoms with van der Waals surface area (Å²) in [6, 6.07) is 9.94. The second-order valence-corrected chi connectivity index (χ2v) is 5.53. The van der Waals surface area contributed by atoms with Gasteiger partial charge in [-0.3, -0.25) is 0 Å². The molecule has 1 aromatic carbocycles. The van der Waals surface area contributed by atoms with Crippen molar-refractivity contribution in [1.29, 1.82) is 0 Å². The Morgan fingerprint density at radius 3 is 2.56 bits per heavy atom. The van der Waals surface area contributed by atoms with Gasteiger partial charge in [-0.05, 0) is 65.4 Å². The molecule has 2 rings (SSSR count). The van der Waals surface area contributed by atoms with Gasteiger partial charge in [-0.25, -0.2) is 4.98 Å². The first kappa shape index (κ1) is 13.2. The number of hydrogen-bond donors (Lipinski definition) is 2. The zero-order valence-corrected chi connectivity index (χ0v) is 12.7. The molecule has 1 aromatic heterocycles. The van der Waals surface area contributed by atoms with Crippen LogP contribution in [0.2, 0.25) is 0 Å². The van der Waals surface area contributed by atoms with Crippen LogP contribution in [0.1, 0.15) is 11.1 Å². The van der Waals surface area contributed by atoms with E-state index in [0.29, 0.717) is 10.8 Å². The molecule has 0 amide bonds. The van der Waals surface area contributed by atoms with E-state index in [-0.39, 0.29) is 0 Å². The predicted molar refractivity (Wildman–Crippen MR) is 87.3 cm³/mol. The first-order valence-electron chi connectivity index (χ1n) is 5.36. The maximum Gasteiger partial charge on any atom is 0.140 e. The van der Waals surface area contributed by atoms with E-state index in [4.69, 9.17) is 18.0 Å². The number of nitrogens with zero attached hydrogens (tertiary/aromatic N) is 1. The van der Waals surface area contributed by atoms with E-state index in [2.05, 4.69) is 32.9 Å². The van der Waals surface area contributed by atoms with E-state index in [9.17, 15) is 0 Å². The predicted octanol–water partition coefficient (Wildman–Crippen LogP) is 3.37. The van der Waals surface area contributed by atoms with Crippen molar-refractivity contribution >= 4 is 51.3 Å². The monoisotopic (exact) mass is 369 g/mol. The summed E-state index contributed by atoms with van der Waals surface area (Å²) in [5.74, 6) is 0.698. The average molecular weight is 369 g/mol. The van der Waals surface area contributed by atoms with Gasteiger partial charge in [0.25, 0.3) is 0 Å². The third-order valence-electron chi connectivity index (χ3n) is 2.51. The Morgan fingerprint density at radius 1 is 1.28 bits per heavy atom. The molecular weight excluding hydrogens is 357 g/mol. The van der Waals surface area contributed by atoms with Gasteiger partial charge in [-0.15, -0.1) is 0 Å². The van der Waals surface area contributed by atoms with Gasteiger partial charge < -0.3 is 11.1 Å². The highest BCUT2D eigenvalue weighted by molar-refractivity contribution is 14.1. The highest BCUT2D eigenvalue weighted by atomic mass is 127. The lowest BCUT2D eigenvalue weighted by atomic mass is 10.1. The van der Waals surface area contributed by atoms with Gasteiger partial charge >= 0.3 is 0 Å². The van der Waals surface area contributed by atoms with Crippen molar-refractivity contribution in [2.45, 2.75) is 6.92 Å². The number of pyridine rings is 1. The van der Waals surface area contributed by atoms with Gasteiger partial charge in [0.2, 0.25) is 0 Å². The summed E-state index contributed by atoms with van der Waals surface area (Å²) in [5.41, 5.74) is 8.52. The maximum absolute atomic E-state index is 5.74. The number of aryl methyl sites for hydroxylation is 1. The van der Waals surface area contributed by atoms with Gasteiger partial charge in [-0.1, -0.05) is 12.2 Å². The Bertz CT molecular complexity index is 581. The molecule has 92 valence electrons. The molecule has 5 heteroatoms. The van der Waals surface area contributed by atoms with E-state index in [0.717, 1.165) is 16.8 Å². The molecule has 0 atom stereocenters. The summed E-state index contributed by atoms with van der Waals surface area (Å²) in [6.07, 6.45) is 1.74. The number of anilines is 2. The maximum atomic E-state index is 5.74. The van der Waals surface area contributed by atoms with Crippen molar-refractivity contribution in [3.8, 4) is 0 Å². The minimum atomic E-state index is 0.355. The number of nitrogens with two attached hydrogens (primary N) is 1. The van der Waals surface area contributed by atoms with Crippen LogP contribution in [0.5, 0.6) is 0 Å². The highest BCUT2D eigenvalue weighted by Gasteiger charge is 2.09. The minimum absolute atomic E-state index is 0.355. The van der Waals surface area contributed by atoms with Crippen LogP contribution in [-0.2, 0) is 0 Å². The van der Waals surface area contributed by atoms with Gasteiger partial charge in [-0.2, -0.15) is 0 Å². The van der Waals surface area contributed by atoms with E-state index < -0.39 is 0 Å². The van der Waals surface area contributed by atoms with Crippen LogP contribution in [0.25, 0.3) is 0 Å². The van der Waals surface area contributed by atoms with Crippen molar-refractivity contribution in [3.05, 3.63) is 51.2 Å². The molecule has 0 aliphatic carbocycles. The molecule has 0 bridgehead atoms. The Kier molecular flexibility index (Phi) is 4.13. The molecule has 0 radical (unpaired) electrons. The number of halogens is 1. The second-order valence-electron chi connectivity index (χ2n) is 3.85. The summed E-state index contributed by atoms with van der Waals surface area (Å²) in [5, 5.41) is 3.24. The zero-order chi connectivity index (χ0) is 13.1. The number of nitrogens with one attached hydrogen (secondary N) is 1. The fraction of sp³-hybridized carbons (Fsp3) is 0.0769. The minimum Gasteiger partial charge on any atom is -0.389 e.